The van der Waals surface area contributed by atoms with Crippen LogP contribution in [-0.4, -0.2) is 18.2 Å². The standard InChI is InChI=1S/C16H17NO4/c1-20-13-6-7-14(17)15(9-13)21-10-12-5-3-2-4-11(12)8-16(18)19/h2-7,9H,8,10,17H2,1H3,(H,18,19). The predicted octanol–water partition coefficient (Wildman–Crippen LogP) is 2.48. The summed E-state index contributed by atoms with van der Waals surface area (Å²) < 4.78 is 10.8. The minimum atomic E-state index is -0.872. The number of carboxylic acid groups (broad SMARTS) is 1. The van der Waals surface area contributed by atoms with Crippen LogP contribution >= 0.6 is 0 Å². The maximum absolute atomic E-state index is 10.9. The number of hydrogen-bond donors (Lipinski definition) is 2. The number of methoxy groups -OCH3 is 1. The minimum Gasteiger partial charge on any atom is -0.497 e. The van der Waals surface area contributed by atoms with Gasteiger partial charge in [-0.25, -0.2) is 0 Å². The summed E-state index contributed by atoms with van der Waals surface area (Å²) in [5, 5.41) is 8.91. The van der Waals surface area contributed by atoms with Crippen molar-refractivity contribution in [1.82, 2.24) is 0 Å². The van der Waals surface area contributed by atoms with Crippen molar-refractivity contribution in [1.29, 1.82) is 0 Å². The Morgan fingerprint density at radius 3 is 2.57 bits per heavy atom. The first-order valence-electron chi connectivity index (χ1n) is 6.45. The molecule has 0 aliphatic heterocycles. The highest BCUT2D eigenvalue weighted by molar-refractivity contribution is 5.70. The third kappa shape index (κ3) is 3.89. The summed E-state index contributed by atoms with van der Waals surface area (Å²) in [5.41, 5.74) is 7.91. The number of nitrogen functional groups attached to an aromatic ring is 1. The summed E-state index contributed by atoms with van der Waals surface area (Å²) >= 11 is 0. The molecule has 3 N–H and O–H groups in total. The van der Waals surface area contributed by atoms with Crippen LogP contribution in [-0.2, 0) is 17.8 Å². The highest BCUT2D eigenvalue weighted by atomic mass is 16.5. The molecule has 0 fully saturated rings. The molecule has 2 aromatic carbocycles. The molecule has 0 heterocycles. The van der Waals surface area contributed by atoms with Gasteiger partial charge in [0.1, 0.15) is 18.1 Å². The number of nitrogens with two attached hydrogens (primary N) is 1. The average molecular weight is 287 g/mol. The fourth-order valence-electron chi connectivity index (χ4n) is 1.96. The summed E-state index contributed by atoms with van der Waals surface area (Å²) in [7, 11) is 1.57. The molecule has 0 atom stereocenters. The van der Waals surface area contributed by atoms with Gasteiger partial charge in [0.05, 0.1) is 19.2 Å². The fourth-order valence-corrected chi connectivity index (χ4v) is 1.96. The molecule has 0 unspecified atom stereocenters. The zero-order chi connectivity index (χ0) is 15.2. The van der Waals surface area contributed by atoms with Gasteiger partial charge in [-0.15, -0.1) is 0 Å². The number of aliphatic carboxylic acids is 1. The SMILES string of the molecule is COc1ccc(N)c(OCc2ccccc2CC(=O)O)c1. The van der Waals surface area contributed by atoms with Crippen molar-refractivity contribution in [3.63, 3.8) is 0 Å². The molecular formula is C16H17NO4. The molecule has 110 valence electrons. The Labute approximate surface area is 122 Å². The maximum Gasteiger partial charge on any atom is 0.307 e. The van der Waals surface area contributed by atoms with Gasteiger partial charge in [-0.05, 0) is 23.3 Å². The quantitative estimate of drug-likeness (QED) is 0.798. The first-order chi connectivity index (χ1) is 10.1. The van der Waals surface area contributed by atoms with E-state index in [0.29, 0.717) is 17.2 Å². The molecule has 2 rings (SSSR count). The average Bonchev–Trinajstić information content (AvgIpc) is 2.47. The smallest absolute Gasteiger partial charge is 0.307 e. The zero-order valence-corrected chi connectivity index (χ0v) is 11.7. The molecule has 0 saturated heterocycles. The second kappa shape index (κ2) is 6.65. The Morgan fingerprint density at radius 2 is 1.90 bits per heavy atom. The second-order valence-corrected chi connectivity index (χ2v) is 4.53. The van der Waals surface area contributed by atoms with Gasteiger partial charge in [0.2, 0.25) is 0 Å². The maximum atomic E-state index is 10.9. The van der Waals surface area contributed by atoms with Gasteiger partial charge in [-0.2, -0.15) is 0 Å². The Balaban J connectivity index is 2.15. The Bertz CT molecular complexity index is 640. The summed E-state index contributed by atoms with van der Waals surface area (Å²) in [4.78, 5) is 10.9. The Hall–Kier alpha value is -2.69. The molecule has 5 nitrogen and oxygen atoms in total. The molecule has 0 aromatic heterocycles. The van der Waals surface area contributed by atoms with E-state index >= 15 is 0 Å². The molecule has 0 spiro atoms. The number of hydrogen-bond acceptors (Lipinski definition) is 4. The van der Waals surface area contributed by atoms with E-state index in [0.717, 1.165) is 11.1 Å². The van der Waals surface area contributed by atoms with Crippen LogP contribution in [0.5, 0.6) is 11.5 Å². The lowest BCUT2D eigenvalue weighted by molar-refractivity contribution is -0.136. The van der Waals surface area contributed by atoms with Gasteiger partial charge in [0.15, 0.2) is 0 Å². The van der Waals surface area contributed by atoms with Crippen LogP contribution in [0.1, 0.15) is 11.1 Å². The largest absolute Gasteiger partial charge is 0.497 e. The van der Waals surface area contributed by atoms with Crippen LogP contribution < -0.4 is 15.2 Å². The van der Waals surface area contributed by atoms with Crippen LogP contribution in [0.15, 0.2) is 42.5 Å². The second-order valence-electron chi connectivity index (χ2n) is 4.53. The topological polar surface area (TPSA) is 81.8 Å². The third-order valence-corrected chi connectivity index (χ3v) is 3.06. The van der Waals surface area contributed by atoms with Crippen molar-refractivity contribution in [3.05, 3.63) is 53.6 Å². The van der Waals surface area contributed by atoms with E-state index in [1.165, 1.54) is 0 Å². The van der Waals surface area contributed by atoms with E-state index < -0.39 is 5.97 Å². The van der Waals surface area contributed by atoms with Gasteiger partial charge in [0, 0.05) is 6.07 Å². The Kier molecular flexibility index (Phi) is 4.66. The van der Waals surface area contributed by atoms with Crippen LogP contribution in [0.2, 0.25) is 0 Å². The molecule has 0 bridgehead atoms. The first-order valence-corrected chi connectivity index (χ1v) is 6.45. The zero-order valence-electron chi connectivity index (χ0n) is 11.7. The molecule has 0 saturated carbocycles. The fraction of sp³-hybridized carbons (Fsp3) is 0.188. The molecule has 2 aromatic rings. The molecule has 0 amide bonds. The summed E-state index contributed by atoms with van der Waals surface area (Å²) in [6, 6.07) is 12.4. The number of carboxylic acids is 1. The van der Waals surface area contributed by atoms with E-state index in [1.54, 1.807) is 31.4 Å². The van der Waals surface area contributed by atoms with Gasteiger partial charge in [0.25, 0.3) is 0 Å². The summed E-state index contributed by atoms with van der Waals surface area (Å²) in [6.45, 7) is 0.251. The van der Waals surface area contributed by atoms with Crippen LogP contribution in [0.4, 0.5) is 5.69 Å². The monoisotopic (exact) mass is 287 g/mol. The van der Waals surface area contributed by atoms with Crippen molar-refractivity contribution in [3.8, 4) is 11.5 Å². The van der Waals surface area contributed by atoms with Crippen molar-refractivity contribution >= 4 is 11.7 Å². The lowest BCUT2D eigenvalue weighted by Crippen LogP contribution is -2.06. The van der Waals surface area contributed by atoms with E-state index in [1.807, 2.05) is 18.2 Å². The molecule has 5 heteroatoms. The predicted molar refractivity (Wildman–Crippen MR) is 79.5 cm³/mol. The first kappa shape index (κ1) is 14.7. The van der Waals surface area contributed by atoms with Crippen molar-refractivity contribution in [2.45, 2.75) is 13.0 Å². The van der Waals surface area contributed by atoms with E-state index in [9.17, 15) is 4.79 Å². The number of ether oxygens (including phenoxy) is 2. The van der Waals surface area contributed by atoms with Crippen LogP contribution in [0.3, 0.4) is 0 Å². The summed E-state index contributed by atoms with van der Waals surface area (Å²) in [5.74, 6) is 0.292. The van der Waals surface area contributed by atoms with Crippen molar-refractivity contribution in [2.75, 3.05) is 12.8 Å². The van der Waals surface area contributed by atoms with Crippen molar-refractivity contribution < 1.29 is 19.4 Å². The van der Waals surface area contributed by atoms with Gasteiger partial charge in [-0.3, -0.25) is 4.79 Å². The minimum absolute atomic E-state index is 0.0346. The number of rotatable bonds is 6. The number of benzene rings is 2. The Morgan fingerprint density at radius 1 is 1.19 bits per heavy atom. The molecule has 0 radical (unpaired) electrons. The lowest BCUT2D eigenvalue weighted by Gasteiger charge is -2.12. The van der Waals surface area contributed by atoms with Gasteiger partial charge in [-0.1, -0.05) is 24.3 Å². The van der Waals surface area contributed by atoms with E-state index in [-0.39, 0.29) is 13.0 Å². The van der Waals surface area contributed by atoms with E-state index in [2.05, 4.69) is 0 Å². The van der Waals surface area contributed by atoms with Gasteiger partial charge < -0.3 is 20.3 Å². The van der Waals surface area contributed by atoms with Crippen molar-refractivity contribution in [2.24, 2.45) is 0 Å². The number of anilines is 1. The lowest BCUT2D eigenvalue weighted by atomic mass is 10.1. The molecular weight excluding hydrogens is 270 g/mol. The molecule has 21 heavy (non-hydrogen) atoms. The highest BCUT2D eigenvalue weighted by Crippen LogP contribution is 2.27. The van der Waals surface area contributed by atoms with Gasteiger partial charge >= 0.3 is 5.97 Å². The third-order valence-electron chi connectivity index (χ3n) is 3.06. The molecule has 0 aliphatic rings. The van der Waals surface area contributed by atoms with Crippen LogP contribution in [0, 0.1) is 0 Å². The number of carbonyl (C=O) groups is 1. The van der Waals surface area contributed by atoms with Crippen LogP contribution in [0.25, 0.3) is 0 Å². The highest BCUT2D eigenvalue weighted by Gasteiger charge is 2.08. The summed E-state index contributed by atoms with van der Waals surface area (Å²) in [6.07, 6.45) is -0.0346. The van der Waals surface area contributed by atoms with E-state index in [4.69, 9.17) is 20.3 Å². The molecule has 0 aliphatic carbocycles. The normalized spacial score (nSPS) is 10.1.